The summed E-state index contributed by atoms with van der Waals surface area (Å²) < 4.78 is 7.04. The van der Waals surface area contributed by atoms with Crippen LogP contribution in [0.4, 0.5) is 0 Å². The summed E-state index contributed by atoms with van der Waals surface area (Å²) in [5.74, 6) is 0.705. The molecule has 0 aliphatic heterocycles. The molecule has 0 saturated carbocycles. The lowest BCUT2D eigenvalue weighted by Crippen LogP contribution is -2.27. The number of carbonyl (C=O) groups excluding carboxylic acids is 1. The molecule has 0 radical (unpaired) electrons. The van der Waals surface area contributed by atoms with E-state index in [0.29, 0.717) is 17.8 Å². The second-order valence-electron chi connectivity index (χ2n) is 5.23. The van der Waals surface area contributed by atoms with Crippen LogP contribution in [0.3, 0.4) is 0 Å². The van der Waals surface area contributed by atoms with Gasteiger partial charge in [0.05, 0.1) is 6.54 Å². The minimum absolute atomic E-state index is 0.143. The zero-order chi connectivity index (χ0) is 16.2. The van der Waals surface area contributed by atoms with Crippen LogP contribution in [0.5, 0.6) is 0 Å². The van der Waals surface area contributed by atoms with Crippen molar-refractivity contribution in [1.29, 1.82) is 0 Å². The first-order chi connectivity index (χ1) is 11.2. The fourth-order valence-electron chi connectivity index (χ4n) is 2.46. The van der Waals surface area contributed by atoms with Crippen LogP contribution in [-0.2, 0) is 13.1 Å². The summed E-state index contributed by atoms with van der Waals surface area (Å²) in [6, 6.07) is 9.53. The SMILES string of the molecule is CCn1ccnc1CN(C)C(=O)c1conc1-c1ccccc1. The van der Waals surface area contributed by atoms with Gasteiger partial charge in [-0.3, -0.25) is 4.79 Å². The molecule has 118 valence electrons. The average Bonchev–Trinajstić information content (AvgIpc) is 3.23. The Bertz CT molecular complexity index is 792. The van der Waals surface area contributed by atoms with Crippen molar-refractivity contribution in [1.82, 2.24) is 19.6 Å². The van der Waals surface area contributed by atoms with Gasteiger partial charge in [0.2, 0.25) is 0 Å². The van der Waals surface area contributed by atoms with Crippen molar-refractivity contribution in [2.24, 2.45) is 0 Å². The first kappa shape index (κ1) is 15.0. The van der Waals surface area contributed by atoms with E-state index in [1.165, 1.54) is 6.26 Å². The van der Waals surface area contributed by atoms with Crippen molar-refractivity contribution in [2.45, 2.75) is 20.0 Å². The molecule has 6 nitrogen and oxygen atoms in total. The molecular formula is C17H18N4O2. The van der Waals surface area contributed by atoms with E-state index in [1.807, 2.05) is 48.0 Å². The van der Waals surface area contributed by atoms with E-state index in [2.05, 4.69) is 10.1 Å². The van der Waals surface area contributed by atoms with Gasteiger partial charge in [0.15, 0.2) is 0 Å². The summed E-state index contributed by atoms with van der Waals surface area (Å²) in [7, 11) is 1.75. The topological polar surface area (TPSA) is 64.2 Å². The lowest BCUT2D eigenvalue weighted by molar-refractivity contribution is 0.0780. The summed E-state index contributed by atoms with van der Waals surface area (Å²) in [5.41, 5.74) is 1.86. The summed E-state index contributed by atoms with van der Waals surface area (Å²) >= 11 is 0. The fraction of sp³-hybridized carbons (Fsp3) is 0.235. The number of hydrogen-bond donors (Lipinski definition) is 0. The van der Waals surface area contributed by atoms with Crippen molar-refractivity contribution in [3.63, 3.8) is 0 Å². The number of benzene rings is 1. The predicted octanol–water partition coefficient (Wildman–Crippen LogP) is 2.83. The molecule has 0 unspecified atom stereocenters. The standard InChI is InChI=1S/C17H18N4O2/c1-3-21-10-9-18-15(21)11-20(2)17(22)14-12-23-19-16(14)13-7-5-4-6-8-13/h4-10,12H,3,11H2,1-2H3. The van der Waals surface area contributed by atoms with Crippen LogP contribution in [0.1, 0.15) is 23.1 Å². The van der Waals surface area contributed by atoms with Crippen LogP contribution in [0.2, 0.25) is 0 Å². The lowest BCUT2D eigenvalue weighted by atomic mass is 10.1. The van der Waals surface area contributed by atoms with Gasteiger partial charge in [0.25, 0.3) is 5.91 Å². The molecule has 1 amide bonds. The average molecular weight is 310 g/mol. The molecule has 0 saturated heterocycles. The van der Waals surface area contributed by atoms with Gasteiger partial charge in [0, 0.05) is 31.5 Å². The molecule has 0 bridgehead atoms. The summed E-state index contributed by atoms with van der Waals surface area (Å²) in [6.45, 7) is 3.29. The molecule has 0 N–H and O–H groups in total. The maximum Gasteiger partial charge on any atom is 0.259 e. The quantitative estimate of drug-likeness (QED) is 0.727. The molecule has 6 heteroatoms. The van der Waals surface area contributed by atoms with Crippen LogP contribution in [0.15, 0.2) is 53.5 Å². The smallest absolute Gasteiger partial charge is 0.259 e. The van der Waals surface area contributed by atoms with Crippen molar-refractivity contribution in [3.05, 3.63) is 60.4 Å². The number of rotatable bonds is 5. The Hall–Kier alpha value is -2.89. The van der Waals surface area contributed by atoms with Crippen molar-refractivity contribution < 1.29 is 9.32 Å². The normalized spacial score (nSPS) is 10.7. The molecule has 2 heterocycles. The Morgan fingerprint density at radius 2 is 2.09 bits per heavy atom. The zero-order valence-electron chi connectivity index (χ0n) is 13.1. The molecule has 2 aromatic heterocycles. The van der Waals surface area contributed by atoms with E-state index in [0.717, 1.165) is 17.9 Å². The molecule has 23 heavy (non-hydrogen) atoms. The first-order valence-corrected chi connectivity index (χ1v) is 7.46. The van der Waals surface area contributed by atoms with E-state index < -0.39 is 0 Å². The maximum absolute atomic E-state index is 12.7. The molecular weight excluding hydrogens is 292 g/mol. The second-order valence-corrected chi connectivity index (χ2v) is 5.23. The molecule has 0 aliphatic rings. The molecule has 3 rings (SSSR count). The Labute approximate surface area is 134 Å². The summed E-state index contributed by atoms with van der Waals surface area (Å²) in [4.78, 5) is 18.6. The Morgan fingerprint density at radius 3 is 2.83 bits per heavy atom. The second kappa shape index (κ2) is 6.48. The Balaban J connectivity index is 1.82. The molecule has 0 fully saturated rings. The third-order valence-electron chi connectivity index (χ3n) is 3.71. The van der Waals surface area contributed by atoms with Gasteiger partial charge >= 0.3 is 0 Å². The predicted molar refractivity (Wildman–Crippen MR) is 85.6 cm³/mol. The third-order valence-corrected chi connectivity index (χ3v) is 3.71. The van der Waals surface area contributed by atoms with Gasteiger partial charge in [-0.15, -0.1) is 0 Å². The van der Waals surface area contributed by atoms with Gasteiger partial charge in [-0.25, -0.2) is 4.98 Å². The van der Waals surface area contributed by atoms with E-state index >= 15 is 0 Å². The van der Waals surface area contributed by atoms with Crippen LogP contribution < -0.4 is 0 Å². The van der Waals surface area contributed by atoms with Gasteiger partial charge in [-0.05, 0) is 6.92 Å². The summed E-state index contributed by atoms with van der Waals surface area (Å²) in [5, 5.41) is 3.98. The molecule has 3 aromatic rings. The van der Waals surface area contributed by atoms with Crippen molar-refractivity contribution >= 4 is 5.91 Å². The molecule has 0 aliphatic carbocycles. The van der Waals surface area contributed by atoms with E-state index in [-0.39, 0.29) is 5.91 Å². The number of amides is 1. The number of imidazole rings is 1. The van der Waals surface area contributed by atoms with Crippen LogP contribution in [0, 0.1) is 0 Å². The van der Waals surface area contributed by atoms with Crippen molar-refractivity contribution in [2.75, 3.05) is 7.05 Å². The third kappa shape index (κ3) is 3.01. The monoisotopic (exact) mass is 310 g/mol. The highest BCUT2D eigenvalue weighted by atomic mass is 16.5. The van der Waals surface area contributed by atoms with E-state index in [1.54, 1.807) is 18.1 Å². The van der Waals surface area contributed by atoms with Gasteiger partial charge in [0.1, 0.15) is 23.3 Å². The van der Waals surface area contributed by atoms with Gasteiger partial charge < -0.3 is 14.0 Å². The lowest BCUT2D eigenvalue weighted by Gasteiger charge is -2.17. The van der Waals surface area contributed by atoms with Crippen LogP contribution in [-0.4, -0.2) is 32.6 Å². The van der Waals surface area contributed by atoms with Crippen molar-refractivity contribution in [3.8, 4) is 11.3 Å². The Morgan fingerprint density at radius 1 is 1.30 bits per heavy atom. The Kier molecular flexibility index (Phi) is 4.23. The highest BCUT2D eigenvalue weighted by molar-refractivity contribution is 5.99. The van der Waals surface area contributed by atoms with Gasteiger partial charge in [-0.2, -0.15) is 0 Å². The summed E-state index contributed by atoms with van der Waals surface area (Å²) in [6.07, 6.45) is 5.04. The van der Waals surface area contributed by atoms with E-state index in [9.17, 15) is 4.79 Å². The number of carbonyl (C=O) groups is 1. The molecule has 0 atom stereocenters. The minimum atomic E-state index is -0.143. The largest absolute Gasteiger partial charge is 0.363 e. The number of nitrogens with zero attached hydrogens (tertiary/aromatic N) is 4. The van der Waals surface area contributed by atoms with Crippen LogP contribution >= 0.6 is 0 Å². The number of aryl methyl sites for hydroxylation is 1. The van der Waals surface area contributed by atoms with E-state index in [4.69, 9.17) is 4.52 Å². The highest BCUT2D eigenvalue weighted by Crippen LogP contribution is 2.23. The number of hydrogen-bond acceptors (Lipinski definition) is 4. The highest BCUT2D eigenvalue weighted by Gasteiger charge is 2.21. The molecule has 1 aromatic carbocycles. The zero-order valence-corrected chi connectivity index (χ0v) is 13.1. The van der Waals surface area contributed by atoms with Crippen LogP contribution in [0.25, 0.3) is 11.3 Å². The number of aromatic nitrogens is 3. The minimum Gasteiger partial charge on any atom is -0.363 e. The molecule has 0 spiro atoms. The fourth-order valence-corrected chi connectivity index (χ4v) is 2.46. The maximum atomic E-state index is 12.7. The first-order valence-electron chi connectivity index (χ1n) is 7.46. The van der Waals surface area contributed by atoms with Gasteiger partial charge in [-0.1, -0.05) is 35.5 Å².